The van der Waals surface area contributed by atoms with Crippen LogP contribution in [0, 0.1) is 0 Å². The molecular formula is C20H37NO3. The first-order valence-corrected chi connectivity index (χ1v) is 9.70. The van der Waals surface area contributed by atoms with Gasteiger partial charge >= 0.3 is 0 Å². The van der Waals surface area contributed by atoms with Crippen molar-refractivity contribution >= 4 is 11.7 Å². The predicted molar refractivity (Wildman–Crippen MR) is 99.9 cm³/mol. The minimum atomic E-state index is -0.809. The van der Waals surface area contributed by atoms with Gasteiger partial charge in [0.15, 0.2) is 5.78 Å². The molecule has 24 heavy (non-hydrogen) atoms. The quantitative estimate of drug-likeness (QED) is 0.325. The van der Waals surface area contributed by atoms with Crippen LogP contribution in [0.1, 0.15) is 90.9 Å². The van der Waals surface area contributed by atoms with Gasteiger partial charge in [-0.3, -0.25) is 9.59 Å². The number of rotatable bonds is 16. The Morgan fingerprint density at radius 2 is 1.42 bits per heavy atom. The van der Waals surface area contributed by atoms with E-state index in [0.29, 0.717) is 0 Å². The molecule has 0 radical (unpaired) electrons. The summed E-state index contributed by atoms with van der Waals surface area (Å²) in [6, 6.07) is -0.809. The molecule has 0 aliphatic carbocycles. The van der Waals surface area contributed by atoms with E-state index in [2.05, 4.69) is 12.2 Å². The smallest absolute Gasteiger partial charge is 0.217 e. The molecule has 0 spiro atoms. The minimum absolute atomic E-state index is 0.240. The van der Waals surface area contributed by atoms with Crippen LogP contribution in [-0.2, 0) is 9.59 Å². The highest BCUT2D eigenvalue weighted by atomic mass is 16.3. The number of ketones is 1. The molecule has 0 aromatic carbocycles. The summed E-state index contributed by atoms with van der Waals surface area (Å²) in [5, 5.41) is 11.5. The molecule has 0 unspecified atom stereocenters. The Hall–Kier alpha value is -1.16. The topological polar surface area (TPSA) is 66.4 Å². The van der Waals surface area contributed by atoms with Crippen molar-refractivity contribution in [1.82, 2.24) is 5.32 Å². The van der Waals surface area contributed by atoms with Crippen molar-refractivity contribution in [2.75, 3.05) is 6.61 Å². The van der Waals surface area contributed by atoms with E-state index in [4.69, 9.17) is 5.11 Å². The van der Waals surface area contributed by atoms with E-state index in [1.54, 1.807) is 0 Å². The summed E-state index contributed by atoms with van der Waals surface area (Å²) in [4.78, 5) is 22.7. The van der Waals surface area contributed by atoms with E-state index in [1.807, 2.05) is 6.08 Å². The largest absolute Gasteiger partial charge is 0.394 e. The van der Waals surface area contributed by atoms with Gasteiger partial charge in [-0.05, 0) is 18.9 Å². The van der Waals surface area contributed by atoms with Gasteiger partial charge in [0.2, 0.25) is 5.91 Å². The Bertz CT molecular complexity index is 353. The fraction of sp³-hybridized carbons (Fsp3) is 0.800. The van der Waals surface area contributed by atoms with Gasteiger partial charge in [-0.25, -0.2) is 0 Å². The van der Waals surface area contributed by atoms with Crippen molar-refractivity contribution in [3.63, 3.8) is 0 Å². The molecule has 0 rings (SSSR count). The van der Waals surface area contributed by atoms with Crippen molar-refractivity contribution in [2.45, 2.75) is 96.9 Å². The Kier molecular flexibility index (Phi) is 15.9. The second kappa shape index (κ2) is 16.7. The van der Waals surface area contributed by atoms with Crippen LogP contribution in [0.3, 0.4) is 0 Å². The summed E-state index contributed by atoms with van der Waals surface area (Å²) >= 11 is 0. The van der Waals surface area contributed by atoms with Crippen LogP contribution in [-0.4, -0.2) is 29.4 Å². The van der Waals surface area contributed by atoms with Crippen molar-refractivity contribution in [1.29, 1.82) is 0 Å². The zero-order valence-electron chi connectivity index (χ0n) is 15.7. The summed E-state index contributed by atoms with van der Waals surface area (Å²) in [7, 11) is 0. The summed E-state index contributed by atoms with van der Waals surface area (Å²) in [5.74, 6) is -0.545. The van der Waals surface area contributed by atoms with Gasteiger partial charge in [0.1, 0.15) is 6.04 Å². The lowest BCUT2D eigenvalue weighted by atomic mass is 10.0. The molecule has 0 heterocycles. The van der Waals surface area contributed by atoms with E-state index >= 15 is 0 Å². The van der Waals surface area contributed by atoms with Gasteiger partial charge in [-0.2, -0.15) is 0 Å². The van der Waals surface area contributed by atoms with Gasteiger partial charge in [-0.1, -0.05) is 77.2 Å². The fourth-order valence-electron chi connectivity index (χ4n) is 2.69. The van der Waals surface area contributed by atoms with Crippen LogP contribution in [0.15, 0.2) is 12.2 Å². The Morgan fingerprint density at radius 1 is 0.917 bits per heavy atom. The Labute approximate surface area is 148 Å². The highest BCUT2D eigenvalue weighted by Crippen LogP contribution is 2.12. The molecule has 0 aliphatic rings. The van der Waals surface area contributed by atoms with Crippen molar-refractivity contribution < 1.29 is 14.7 Å². The maximum Gasteiger partial charge on any atom is 0.217 e. The van der Waals surface area contributed by atoms with Crippen LogP contribution >= 0.6 is 0 Å². The zero-order chi connectivity index (χ0) is 18.0. The fourth-order valence-corrected chi connectivity index (χ4v) is 2.69. The maximum absolute atomic E-state index is 11.7. The number of unbranched alkanes of at least 4 members (excludes halogenated alkanes) is 11. The van der Waals surface area contributed by atoms with Crippen LogP contribution in [0.2, 0.25) is 0 Å². The summed E-state index contributed by atoms with van der Waals surface area (Å²) in [6.07, 6.45) is 18.6. The molecule has 2 N–H and O–H groups in total. The number of allylic oxidation sites excluding steroid dienone is 1. The molecule has 0 aromatic heterocycles. The van der Waals surface area contributed by atoms with Crippen molar-refractivity contribution in [3.8, 4) is 0 Å². The highest BCUT2D eigenvalue weighted by Gasteiger charge is 2.14. The van der Waals surface area contributed by atoms with Crippen molar-refractivity contribution in [3.05, 3.63) is 12.2 Å². The third-order valence-corrected chi connectivity index (χ3v) is 4.16. The molecule has 0 fully saturated rings. The normalized spacial score (nSPS) is 12.5. The summed E-state index contributed by atoms with van der Waals surface area (Å²) < 4.78 is 0. The van der Waals surface area contributed by atoms with Gasteiger partial charge in [0, 0.05) is 6.92 Å². The van der Waals surface area contributed by atoms with Gasteiger partial charge in [-0.15, -0.1) is 0 Å². The first-order valence-electron chi connectivity index (χ1n) is 9.70. The van der Waals surface area contributed by atoms with Crippen LogP contribution in [0.25, 0.3) is 0 Å². The number of aliphatic hydroxyl groups excluding tert-OH is 1. The maximum atomic E-state index is 11.7. The second-order valence-electron chi connectivity index (χ2n) is 6.56. The molecule has 1 amide bonds. The third kappa shape index (κ3) is 14.4. The molecule has 0 aromatic rings. The lowest BCUT2D eigenvalue weighted by Gasteiger charge is -2.10. The van der Waals surface area contributed by atoms with Crippen molar-refractivity contribution in [2.24, 2.45) is 0 Å². The molecule has 0 saturated heterocycles. The number of aliphatic hydroxyl groups is 1. The van der Waals surface area contributed by atoms with Gasteiger partial charge in [0.05, 0.1) is 6.61 Å². The molecule has 0 bridgehead atoms. The van der Waals surface area contributed by atoms with Crippen LogP contribution in [0.5, 0.6) is 0 Å². The van der Waals surface area contributed by atoms with Gasteiger partial charge < -0.3 is 10.4 Å². The first kappa shape index (κ1) is 22.8. The minimum Gasteiger partial charge on any atom is -0.394 e. The predicted octanol–water partition coefficient (Wildman–Crippen LogP) is 4.31. The van der Waals surface area contributed by atoms with Crippen LogP contribution in [0.4, 0.5) is 0 Å². The molecule has 0 saturated carbocycles. The third-order valence-electron chi connectivity index (χ3n) is 4.16. The van der Waals surface area contributed by atoms with E-state index in [0.717, 1.165) is 12.8 Å². The lowest BCUT2D eigenvalue weighted by Crippen LogP contribution is -2.41. The second-order valence-corrected chi connectivity index (χ2v) is 6.56. The molecule has 140 valence electrons. The number of hydrogen-bond acceptors (Lipinski definition) is 3. The molecule has 1 atom stereocenters. The lowest BCUT2D eigenvalue weighted by molar-refractivity contribution is -0.125. The molecule has 4 heteroatoms. The highest BCUT2D eigenvalue weighted by molar-refractivity contribution is 5.96. The number of carbonyl (C=O) groups is 2. The first-order chi connectivity index (χ1) is 11.6. The van der Waals surface area contributed by atoms with E-state index in [-0.39, 0.29) is 18.3 Å². The van der Waals surface area contributed by atoms with Gasteiger partial charge in [0.25, 0.3) is 0 Å². The number of hydrogen-bond donors (Lipinski definition) is 2. The number of nitrogens with one attached hydrogen (secondary N) is 1. The Morgan fingerprint density at radius 3 is 1.88 bits per heavy atom. The van der Waals surface area contributed by atoms with E-state index < -0.39 is 6.04 Å². The summed E-state index contributed by atoms with van der Waals surface area (Å²) in [5.41, 5.74) is 0. The van der Waals surface area contributed by atoms with Crippen LogP contribution < -0.4 is 5.32 Å². The zero-order valence-corrected chi connectivity index (χ0v) is 15.7. The monoisotopic (exact) mass is 339 g/mol. The molecule has 4 nitrogen and oxygen atoms in total. The average Bonchev–Trinajstić information content (AvgIpc) is 2.56. The standard InChI is InChI=1S/C20H37NO3/c1-3-4-5-6-7-8-9-10-11-12-13-14-15-16-20(24)19(17-22)21-18(2)23/h15-16,19,22H,3-14,17H2,1-2H3,(H,21,23)/b16-15+/t19-/m0/s1. The molecule has 0 aliphatic heterocycles. The number of carbonyl (C=O) groups excluding carboxylic acids is 2. The molecular weight excluding hydrogens is 302 g/mol. The van der Waals surface area contributed by atoms with E-state index in [9.17, 15) is 9.59 Å². The Balaban J connectivity index is 3.48. The SMILES string of the molecule is CCCCCCCCCCCCC/C=C/C(=O)[C@H](CO)NC(C)=O. The van der Waals surface area contributed by atoms with E-state index in [1.165, 1.54) is 77.2 Å². The summed E-state index contributed by atoms with van der Waals surface area (Å²) in [6.45, 7) is 3.23. The number of amides is 1. The average molecular weight is 340 g/mol.